The molecule has 2 N–H and O–H groups in total. The standard InChI is InChI=1S/C9H16N4O2S2/c1-12-7-8(9(10)11-12)17(14,15)13-3-2-5-16-6-4-13/h7H,2-6H2,1H3,(H2,10,11). The molecule has 1 aliphatic heterocycles. The summed E-state index contributed by atoms with van der Waals surface area (Å²) in [5, 5.41) is 3.88. The molecule has 2 heterocycles. The maximum Gasteiger partial charge on any atom is 0.248 e. The average Bonchev–Trinajstić information content (AvgIpc) is 2.52. The number of hydrogen-bond donors (Lipinski definition) is 1. The Balaban J connectivity index is 2.31. The molecule has 0 bridgehead atoms. The van der Waals surface area contributed by atoms with Crippen LogP contribution in [-0.4, -0.2) is 47.1 Å². The van der Waals surface area contributed by atoms with Gasteiger partial charge in [-0.3, -0.25) is 4.68 Å². The van der Waals surface area contributed by atoms with Gasteiger partial charge in [-0.2, -0.15) is 21.2 Å². The van der Waals surface area contributed by atoms with E-state index in [9.17, 15) is 8.42 Å². The summed E-state index contributed by atoms with van der Waals surface area (Å²) < 4.78 is 27.6. The van der Waals surface area contributed by atoms with Gasteiger partial charge in [-0.15, -0.1) is 0 Å². The second-order valence-corrected chi connectivity index (χ2v) is 7.05. The molecule has 96 valence electrons. The summed E-state index contributed by atoms with van der Waals surface area (Å²) in [6.07, 6.45) is 2.34. The molecule has 17 heavy (non-hydrogen) atoms. The Labute approximate surface area is 105 Å². The molecule has 2 rings (SSSR count). The van der Waals surface area contributed by atoms with Crippen LogP contribution in [0.15, 0.2) is 11.1 Å². The molecule has 0 aromatic carbocycles. The molecule has 0 atom stereocenters. The van der Waals surface area contributed by atoms with Crippen LogP contribution in [-0.2, 0) is 17.1 Å². The number of thioether (sulfide) groups is 1. The number of nitrogens with two attached hydrogens (primary N) is 1. The molecular formula is C9H16N4O2S2. The van der Waals surface area contributed by atoms with E-state index in [2.05, 4.69) is 5.10 Å². The lowest BCUT2D eigenvalue weighted by Crippen LogP contribution is -2.33. The van der Waals surface area contributed by atoms with Crippen molar-refractivity contribution in [3.63, 3.8) is 0 Å². The summed E-state index contributed by atoms with van der Waals surface area (Å²) in [4.78, 5) is 0.118. The Bertz CT molecular complexity index is 489. The third kappa shape index (κ3) is 2.58. The molecule has 0 aliphatic carbocycles. The molecule has 0 spiro atoms. The highest BCUT2D eigenvalue weighted by molar-refractivity contribution is 7.99. The van der Waals surface area contributed by atoms with E-state index in [1.54, 1.807) is 18.8 Å². The zero-order chi connectivity index (χ0) is 12.5. The molecule has 1 aromatic rings. The van der Waals surface area contributed by atoms with Crippen LogP contribution in [0, 0.1) is 0 Å². The Morgan fingerprint density at radius 1 is 1.41 bits per heavy atom. The lowest BCUT2D eigenvalue weighted by molar-refractivity contribution is 0.435. The van der Waals surface area contributed by atoms with Gasteiger partial charge in [0.2, 0.25) is 10.0 Å². The van der Waals surface area contributed by atoms with Crippen molar-refractivity contribution >= 4 is 27.6 Å². The smallest absolute Gasteiger partial charge is 0.248 e. The third-order valence-corrected chi connectivity index (χ3v) is 5.58. The van der Waals surface area contributed by atoms with Crippen LogP contribution in [0.1, 0.15) is 6.42 Å². The summed E-state index contributed by atoms with van der Waals surface area (Å²) in [6, 6.07) is 0. The zero-order valence-electron chi connectivity index (χ0n) is 9.66. The molecule has 1 aromatic heterocycles. The molecule has 0 radical (unpaired) electrons. The average molecular weight is 276 g/mol. The number of anilines is 1. The highest BCUT2D eigenvalue weighted by Crippen LogP contribution is 2.23. The number of aryl methyl sites for hydroxylation is 1. The van der Waals surface area contributed by atoms with E-state index in [0.717, 1.165) is 17.9 Å². The van der Waals surface area contributed by atoms with Crippen molar-refractivity contribution < 1.29 is 8.42 Å². The van der Waals surface area contributed by atoms with Crippen LogP contribution < -0.4 is 5.73 Å². The van der Waals surface area contributed by atoms with Gasteiger partial charge in [0.1, 0.15) is 4.90 Å². The molecule has 0 amide bonds. The van der Waals surface area contributed by atoms with E-state index < -0.39 is 10.0 Å². The highest BCUT2D eigenvalue weighted by atomic mass is 32.2. The van der Waals surface area contributed by atoms with Crippen LogP contribution in [0.25, 0.3) is 0 Å². The van der Waals surface area contributed by atoms with Gasteiger partial charge < -0.3 is 5.73 Å². The lowest BCUT2D eigenvalue weighted by atomic mass is 10.5. The van der Waals surface area contributed by atoms with Gasteiger partial charge in [0.15, 0.2) is 5.82 Å². The minimum atomic E-state index is -3.48. The van der Waals surface area contributed by atoms with Gasteiger partial charge >= 0.3 is 0 Å². The van der Waals surface area contributed by atoms with Gasteiger partial charge in [-0.25, -0.2) is 8.42 Å². The van der Waals surface area contributed by atoms with Crippen molar-refractivity contribution in [2.24, 2.45) is 7.05 Å². The minimum Gasteiger partial charge on any atom is -0.381 e. The van der Waals surface area contributed by atoms with Crippen molar-refractivity contribution in [3.05, 3.63) is 6.20 Å². The fourth-order valence-electron chi connectivity index (χ4n) is 1.79. The fourth-order valence-corrected chi connectivity index (χ4v) is 4.36. The second-order valence-electron chi connectivity index (χ2n) is 3.92. The van der Waals surface area contributed by atoms with Crippen molar-refractivity contribution in [2.75, 3.05) is 30.3 Å². The minimum absolute atomic E-state index is 0.0735. The van der Waals surface area contributed by atoms with Crippen LogP contribution in [0.4, 0.5) is 5.82 Å². The normalized spacial score (nSPS) is 19.1. The first-order valence-electron chi connectivity index (χ1n) is 5.39. The van der Waals surface area contributed by atoms with E-state index in [0.29, 0.717) is 13.1 Å². The Morgan fingerprint density at radius 2 is 2.18 bits per heavy atom. The van der Waals surface area contributed by atoms with Crippen LogP contribution >= 0.6 is 11.8 Å². The highest BCUT2D eigenvalue weighted by Gasteiger charge is 2.28. The summed E-state index contributed by atoms with van der Waals surface area (Å²) in [6.45, 7) is 1.10. The first kappa shape index (κ1) is 12.7. The van der Waals surface area contributed by atoms with E-state index in [1.807, 2.05) is 0 Å². The van der Waals surface area contributed by atoms with Gasteiger partial charge in [0.25, 0.3) is 0 Å². The van der Waals surface area contributed by atoms with Crippen molar-refractivity contribution in [1.82, 2.24) is 14.1 Å². The molecular weight excluding hydrogens is 260 g/mol. The van der Waals surface area contributed by atoms with Crippen LogP contribution in [0.5, 0.6) is 0 Å². The van der Waals surface area contributed by atoms with Crippen molar-refractivity contribution in [2.45, 2.75) is 11.3 Å². The Hall–Kier alpha value is -0.730. The molecule has 1 saturated heterocycles. The molecule has 8 heteroatoms. The van der Waals surface area contributed by atoms with Crippen molar-refractivity contribution in [1.29, 1.82) is 0 Å². The van der Waals surface area contributed by atoms with Crippen LogP contribution in [0.3, 0.4) is 0 Å². The number of aromatic nitrogens is 2. The molecule has 6 nitrogen and oxygen atoms in total. The monoisotopic (exact) mass is 276 g/mol. The van der Waals surface area contributed by atoms with E-state index in [1.165, 1.54) is 15.2 Å². The molecule has 0 unspecified atom stereocenters. The van der Waals surface area contributed by atoms with Gasteiger partial charge in [-0.05, 0) is 12.2 Å². The first-order valence-corrected chi connectivity index (χ1v) is 7.98. The van der Waals surface area contributed by atoms with Gasteiger partial charge in [0, 0.05) is 32.1 Å². The Kier molecular flexibility index (Phi) is 3.64. The molecule has 0 saturated carbocycles. The zero-order valence-corrected chi connectivity index (χ0v) is 11.3. The fraction of sp³-hybridized carbons (Fsp3) is 0.667. The van der Waals surface area contributed by atoms with E-state index >= 15 is 0 Å². The number of rotatable bonds is 2. The summed E-state index contributed by atoms with van der Waals surface area (Å²) >= 11 is 1.78. The lowest BCUT2D eigenvalue weighted by Gasteiger charge is -2.18. The predicted octanol–water partition coefficient (Wildman–Crippen LogP) is 0.130. The number of sulfonamides is 1. The first-order chi connectivity index (χ1) is 8.01. The summed E-state index contributed by atoms with van der Waals surface area (Å²) in [5.74, 6) is 1.91. The van der Waals surface area contributed by atoms with Crippen LogP contribution in [0.2, 0.25) is 0 Å². The van der Waals surface area contributed by atoms with Gasteiger partial charge in [-0.1, -0.05) is 0 Å². The van der Waals surface area contributed by atoms with E-state index in [-0.39, 0.29) is 10.7 Å². The second kappa shape index (κ2) is 4.87. The quantitative estimate of drug-likeness (QED) is 0.830. The molecule has 1 aliphatic rings. The summed E-state index contributed by atoms with van der Waals surface area (Å²) in [5.41, 5.74) is 5.63. The molecule has 1 fully saturated rings. The van der Waals surface area contributed by atoms with E-state index in [4.69, 9.17) is 5.73 Å². The largest absolute Gasteiger partial charge is 0.381 e. The third-order valence-electron chi connectivity index (χ3n) is 2.62. The van der Waals surface area contributed by atoms with Crippen molar-refractivity contribution in [3.8, 4) is 0 Å². The number of nitrogens with zero attached hydrogens (tertiary/aromatic N) is 3. The number of nitrogen functional groups attached to an aromatic ring is 1. The Morgan fingerprint density at radius 3 is 2.82 bits per heavy atom. The number of hydrogen-bond acceptors (Lipinski definition) is 5. The SMILES string of the molecule is Cn1cc(S(=O)(=O)N2CCCSCC2)c(N)n1. The van der Waals surface area contributed by atoms with Gasteiger partial charge in [0.05, 0.1) is 0 Å². The topological polar surface area (TPSA) is 81.2 Å². The maximum atomic E-state index is 12.4. The predicted molar refractivity (Wildman–Crippen MR) is 68.3 cm³/mol. The maximum absolute atomic E-state index is 12.4. The summed E-state index contributed by atoms with van der Waals surface area (Å²) in [7, 11) is -1.82.